The third-order valence-corrected chi connectivity index (χ3v) is 7.48. The first-order valence-corrected chi connectivity index (χ1v) is 10.8. The molecule has 28 heavy (non-hydrogen) atoms. The summed E-state index contributed by atoms with van der Waals surface area (Å²) in [6.07, 6.45) is 7.40. The second kappa shape index (κ2) is 7.29. The van der Waals surface area contributed by atoms with E-state index in [1.165, 1.54) is 26.2 Å². The van der Waals surface area contributed by atoms with Crippen LogP contribution in [0.25, 0.3) is 0 Å². The van der Waals surface area contributed by atoms with Gasteiger partial charge in [0.15, 0.2) is 12.4 Å². The molecular formula is C22H26BrNO4. The van der Waals surface area contributed by atoms with E-state index in [0.29, 0.717) is 29.5 Å². The van der Waals surface area contributed by atoms with Crippen LogP contribution in [-0.2, 0) is 14.3 Å². The van der Waals surface area contributed by atoms with Crippen LogP contribution < -0.4 is 5.32 Å². The average molecular weight is 448 g/mol. The van der Waals surface area contributed by atoms with Gasteiger partial charge in [-0.3, -0.25) is 14.4 Å². The third-order valence-electron chi connectivity index (χ3n) is 6.55. The summed E-state index contributed by atoms with van der Waals surface area (Å²) in [6, 6.07) is 6.73. The molecule has 5 nitrogen and oxygen atoms in total. The largest absolute Gasteiger partial charge is 0.456 e. The van der Waals surface area contributed by atoms with Gasteiger partial charge in [0.2, 0.25) is 0 Å². The molecule has 5 rings (SSSR count). The van der Waals surface area contributed by atoms with Crippen molar-refractivity contribution in [2.45, 2.75) is 56.2 Å². The summed E-state index contributed by atoms with van der Waals surface area (Å²) in [5.41, 5.74) is 1.09. The van der Waals surface area contributed by atoms with Gasteiger partial charge in [0.05, 0.1) is 6.42 Å². The Kier molecular flexibility index (Phi) is 5.10. The molecule has 4 bridgehead atoms. The number of nitrogens with one attached hydrogen (secondary N) is 1. The van der Waals surface area contributed by atoms with Crippen molar-refractivity contribution < 1.29 is 19.1 Å². The lowest BCUT2D eigenvalue weighted by Gasteiger charge is -2.60. The highest BCUT2D eigenvalue weighted by atomic mass is 79.9. The lowest BCUT2D eigenvalue weighted by atomic mass is 9.49. The topological polar surface area (TPSA) is 72.5 Å². The predicted octanol–water partition coefficient (Wildman–Crippen LogP) is 4.49. The van der Waals surface area contributed by atoms with Crippen LogP contribution in [0.1, 0.15) is 62.2 Å². The molecule has 6 heteroatoms. The molecule has 0 spiro atoms. The molecule has 2 atom stereocenters. The summed E-state index contributed by atoms with van der Waals surface area (Å²) in [6.45, 7) is 1.18. The fourth-order valence-corrected chi connectivity index (χ4v) is 7.57. The van der Waals surface area contributed by atoms with Crippen molar-refractivity contribution in [1.82, 2.24) is 0 Å². The van der Waals surface area contributed by atoms with Gasteiger partial charge in [-0.1, -0.05) is 28.1 Å². The van der Waals surface area contributed by atoms with Gasteiger partial charge in [-0.25, -0.2) is 0 Å². The molecule has 1 N–H and O–H groups in total. The summed E-state index contributed by atoms with van der Waals surface area (Å²) in [4.78, 5) is 36.0. The van der Waals surface area contributed by atoms with E-state index in [4.69, 9.17) is 4.74 Å². The minimum Gasteiger partial charge on any atom is -0.456 e. The molecule has 1 aromatic carbocycles. The first kappa shape index (κ1) is 19.6. The molecule has 2 unspecified atom stereocenters. The van der Waals surface area contributed by atoms with E-state index < -0.39 is 5.91 Å². The molecular weight excluding hydrogens is 422 g/mol. The van der Waals surface area contributed by atoms with E-state index in [0.717, 1.165) is 19.3 Å². The Morgan fingerprint density at radius 2 is 1.89 bits per heavy atom. The average Bonchev–Trinajstić information content (AvgIpc) is 2.57. The van der Waals surface area contributed by atoms with Crippen LogP contribution in [0.4, 0.5) is 5.69 Å². The van der Waals surface area contributed by atoms with Crippen molar-refractivity contribution in [2.24, 2.45) is 17.3 Å². The van der Waals surface area contributed by atoms with Crippen molar-refractivity contribution in [3.8, 4) is 0 Å². The second-order valence-electron chi connectivity index (χ2n) is 9.13. The minimum atomic E-state index is -0.392. The number of halogens is 1. The molecule has 150 valence electrons. The Labute approximate surface area is 173 Å². The lowest BCUT2D eigenvalue weighted by molar-refractivity contribution is -0.153. The van der Waals surface area contributed by atoms with Gasteiger partial charge in [0.25, 0.3) is 5.91 Å². The van der Waals surface area contributed by atoms with Crippen molar-refractivity contribution in [3.63, 3.8) is 0 Å². The standard InChI is InChI=1S/C22H26BrNO4/c1-14(25)17-3-2-4-18(6-17)24-19(26)12-28-20(27)11-21-7-15-5-16(8-21)10-22(23,9-15)13-21/h2-4,6,15-16H,5,7-13H2,1H3,(H,24,26). The maximum absolute atomic E-state index is 12.5. The van der Waals surface area contributed by atoms with Gasteiger partial charge in [-0.05, 0) is 74.8 Å². The molecule has 0 aliphatic heterocycles. The van der Waals surface area contributed by atoms with Crippen molar-refractivity contribution in [2.75, 3.05) is 11.9 Å². The van der Waals surface area contributed by atoms with Crippen LogP contribution in [-0.4, -0.2) is 28.6 Å². The fraction of sp³-hybridized carbons (Fsp3) is 0.591. The normalized spacial score (nSPS) is 32.8. The molecule has 1 amide bonds. The Morgan fingerprint density at radius 1 is 1.18 bits per heavy atom. The highest BCUT2D eigenvalue weighted by Gasteiger charge is 2.57. The maximum Gasteiger partial charge on any atom is 0.306 e. The van der Waals surface area contributed by atoms with Gasteiger partial charge in [0.1, 0.15) is 0 Å². The van der Waals surface area contributed by atoms with Gasteiger partial charge in [-0.15, -0.1) is 0 Å². The zero-order chi connectivity index (χ0) is 19.9. The van der Waals surface area contributed by atoms with Gasteiger partial charge < -0.3 is 10.1 Å². The fourth-order valence-electron chi connectivity index (χ4n) is 6.06. The summed E-state index contributed by atoms with van der Waals surface area (Å²) in [5, 5.41) is 2.68. The number of carbonyl (C=O) groups excluding carboxylic acids is 3. The zero-order valence-corrected chi connectivity index (χ0v) is 17.7. The van der Waals surface area contributed by atoms with Crippen LogP contribution in [0.2, 0.25) is 0 Å². The Hall–Kier alpha value is -1.69. The highest BCUT2D eigenvalue weighted by Crippen LogP contribution is 2.65. The predicted molar refractivity (Wildman–Crippen MR) is 109 cm³/mol. The Morgan fingerprint density at radius 3 is 2.54 bits per heavy atom. The summed E-state index contributed by atoms with van der Waals surface area (Å²) in [5.74, 6) is 0.681. The molecule has 4 aliphatic rings. The minimum absolute atomic E-state index is 0.0387. The molecule has 0 radical (unpaired) electrons. The van der Waals surface area contributed by atoms with Crippen molar-refractivity contribution in [1.29, 1.82) is 0 Å². The number of esters is 1. The first-order chi connectivity index (χ1) is 13.2. The number of alkyl halides is 1. The number of benzene rings is 1. The lowest BCUT2D eigenvalue weighted by Crippen LogP contribution is -2.53. The summed E-state index contributed by atoms with van der Waals surface area (Å²) < 4.78 is 5.50. The van der Waals surface area contributed by atoms with E-state index >= 15 is 0 Å². The number of rotatable bonds is 6. The quantitative estimate of drug-likeness (QED) is 0.395. The van der Waals surface area contributed by atoms with E-state index in [1.54, 1.807) is 24.3 Å². The molecule has 4 aliphatic carbocycles. The number of hydrogen-bond acceptors (Lipinski definition) is 4. The zero-order valence-electron chi connectivity index (χ0n) is 16.1. The first-order valence-electron chi connectivity index (χ1n) is 10.00. The molecule has 1 aromatic rings. The van der Waals surface area contributed by atoms with Gasteiger partial charge >= 0.3 is 5.97 Å². The van der Waals surface area contributed by atoms with E-state index in [2.05, 4.69) is 21.2 Å². The highest BCUT2D eigenvalue weighted by molar-refractivity contribution is 9.10. The Bertz CT molecular complexity index is 807. The van der Waals surface area contributed by atoms with E-state index in [-0.39, 0.29) is 28.1 Å². The molecule has 4 fully saturated rings. The maximum atomic E-state index is 12.5. The smallest absolute Gasteiger partial charge is 0.306 e. The molecule has 0 aromatic heterocycles. The monoisotopic (exact) mass is 447 g/mol. The SMILES string of the molecule is CC(=O)c1cccc(NC(=O)COC(=O)CC23CC4CC(CC(Br)(C4)C2)C3)c1. The van der Waals surface area contributed by atoms with Crippen LogP contribution in [0.3, 0.4) is 0 Å². The third kappa shape index (κ3) is 4.17. The van der Waals surface area contributed by atoms with Crippen LogP contribution >= 0.6 is 15.9 Å². The summed E-state index contributed by atoms with van der Waals surface area (Å²) >= 11 is 3.96. The number of ketones is 1. The number of ether oxygens (including phenoxy) is 1. The van der Waals surface area contributed by atoms with E-state index in [1.807, 2.05) is 0 Å². The van der Waals surface area contributed by atoms with Crippen LogP contribution in [0, 0.1) is 17.3 Å². The second-order valence-corrected chi connectivity index (χ2v) is 10.8. The molecule has 0 heterocycles. The van der Waals surface area contributed by atoms with Crippen LogP contribution in [0.5, 0.6) is 0 Å². The number of anilines is 1. The number of carbonyl (C=O) groups is 3. The van der Waals surface area contributed by atoms with Gasteiger partial charge in [0, 0.05) is 15.6 Å². The van der Waals surface area contributed by atoms with Crippen LogP contribution in [0.15, 0.2) is 24.3 Å². The molecule has 0 saturated heterocycles. The summed E-state index contributed by atoms with van der Waals surface area (Å²) in [7, 11) is 0. The number of amides is 1. The van der Waals surface area contributed by atoms with Gasteiger partial charge in [-0.2, -0.15) is 0 Å². The van der Waals surface area contributed by atoms with E-state index in [9.17, 15) is 14.4 Å². The van der Waals surface area contributed by atoms with Crippen molar-refractivity contribution in [3.05, 3.63) is 29.8 Å². The Balaban J connectivity index is 1.30. The number of Topliss-reactive ketones (excluding diaryl/α,β-unsaturated/α-hetero) is 1. The van der Waals surface area contributed by atoms with Crippen molar-refractivity contribution >= 4 is 39.3 Å². The molecule has 4 saturated carbocycles. The number of hydrogen-bond donors (Lipinski definition) is 1.